The second-order valence-corrected chi connectivity index (χ2v) is 7.42. The molecule has 0 aromatic carbocycles. The number of rotatable bonds is 6. The predicted molar refractivity (Wildman–Crippen MR) is 82.4 cm³/mol. The van der Waals surface area contributed by atoms with Gasteiger partial charge in [-0.05, 0) is 26.7 Å². The highest BCUT2D eigenvalue weighted by atomic mass is 32.2. The first-order valence-electron chi connectivity index (χ1n) is 7.07. The molecular weight excluding hydrogens is 310 g/mol. The zero-order valence-corrected chi connectivity index (χ0v) is 13.8. The van der Waals surface area contributed by atoms with Gasteiger partial charge in [0.2, 0.25) is 11.0 Å². The van der Waals surface area contributed by atoms with Gasteiger partial charge in [0.15, 0.2) is 4.34 Å². The minimum Gasteiger partial charge on any atom is -0.465 e. The number of carbonyl (C=O) groups excluding carboxylic acids is 2. The molecule has 2 rings (SSSR count). The van der Waals surface area contributed by atoms with Crippen molar-refractivity contribution in [2.75, 3.05) is 11.9 Å². The van der Waals surface area contributed by atoms with Crippen molar-refractivity contribution in [1.82, 2.24) is 10.2 Å². The summed E-state index contributed by atoms with van der Waals surface area (Å²) in [5, 5.41) is 10.9. The SMILES string of the molecule is CCOC(=O)C(C)Sc1nnc(NC(=O)C2CCCC2)s1. The van der Waals surface area contributed by atoms with Crippen LogP contribution in [0.15, 0.2) is 4.34 Å². The van der Waals surface area contributed by atoms with Crippen molar-refractivity contribution in [3.8, 4) is 0 Å². The lowest BCUT2D eigenvalue weighted by atomic mass is 10.1. The second-order valence-electron chi connectivity index (χ2n) is 4.86. The van der Waals surface area contributed by atoms with Gasteiger partial charge in [-0.15, -0.1) is 10.2 Å². The van der Waals surface area contributed by atoms with E-state index in [1.807, 2.05) is 0 Å². The highest BCUT2D eigenvalue weighted by Gasteiger charge is 2.24. The first-order valence-corrected chi connectivity index (χ1v) is 8.77. The minimum absolute atomic E-state index is 0.0265. The number of carbonyl (C=O) groups is 2. The van der Waals surface area contributed by atoms with Crippen LogP contribution in [0.25, 0.3) is 0 Å². The van der Waals surface area contributed by atoms with E-state index in [-0.39, 0.29) is 23.0 Å². The fourth-order valence-corrected chi connectivity index (χ4v) is 4.06. The summed E-state index contributed by atoms with van der Waals surface area (Å²) < 4.78 is 5.59. The molecule has 1 aromatic heterocycles. The Morgan fingerprint density at radius 3 is 2.81 bits per heavy atom. The monoisotopic (exact) mass is 329 g/mol. The van der Waals surface area contributed by atoms with Crippen molar-refractivity contribution >= 4 is 40.1 Å². The van der Waals surface area contributed by atoms with Crippen molar-refractivity contribution in [2.24, 2.45) is 5.92 Å². The van der Waals surface area contributed by atoms with Crippen molar-refractivity contribution in [3.63, 3.8) is 0 Å². The van der Waals surface area contributed by atoms with Crippen molar-refractivity contribution in [1.29, 1.82) is 0 Å². The van der Waals surface area contributed by atoms with Crippen LogP contribution in [0.2, 0.25) is 0 Å². The van der Waals surface area contributed by atoms with Crippen LogP contribution < -0.4 is 5.32 Å². The number of aromatic nitrogens is 2. The fourth-order valence-electron chi connectivity index (χ4n) is 2.16. The number of nitrogens with zero attached hydrogens (tertiary/aromatic N) is 2. The lowest BCUT2D eigenvalue weighted by Gasteiger charge is -2.07. The molecule has 6 nitrogen and oxygen atoms in total. The Hall–Kier alpha value is -1.15. The first kappa shape index (κ1) is 16.2. The number of ether oxygens (including phenoxy) is 1. The third-order valence-electron chi connectivity index (χ3n) is 3.26. The minimum atomic E-state index is -0.337. The topological polar surface area (TPSA) is 81.2 Å². The predicted octanol–water partition coefficient (Wildman–Crippen LogP) is 2.71. The fraction of sp³-hybridized carbons (Fsp3) is 0.692. The molecule has 1 saturated carbocycles. The van der Waals surface area contributed by atoms with E-state index in [9.17, 15) is 9.59 Å². The summed E-state index contributed by atoms with van der Waals surface area (Å²) in [6, 6.07) is 0. The lowest BCUT2D eigenvalue weighted by Crippen LogP contribution is -2.20. The summed E-state index contributed by atoms with van der Waals surface area (Å²) in [5.41, 5.74) is 0. The molecule has 116 valence electrons. The molecule has 21 heavy (non-hydrogen) atoms. The Kier molecular flexibility index (Phi) is 5.98. The van der Waals surface area contributed by atoms with Gasteiger partial charge >= 0.3 is 5.97 Å². The molecule has 0 radical (unpaired) electrons. The Balaban J connectivity index is 1.86. The van der Waals surface area contributed by atoms with Crippen LogP contribution in [0.1, 0.15) is 39.5 Å². The Bertz CT molecular complexity index is 501. The van der Waals surface area contributed by atoms with E-state index in [0.29, 0.717) is 16.1 Å². The molecule has 0 bridgehead atoms. The van der Waals surface area contributed by atoms with Crippen LogP contribution in [0.5, 0.6) is 0 Å². The third-order valence-corrected chi connectivity index (χ3v) is 5.26. The van der Waals surface area contributed by atoms with Crippen LogP contribution in [-0.4, -0.2) is 33.9 Å². The van der Waals surface area contributed by atoms with E-state index in [0.717, 1.165) is 25.7 Å². The number of thioether (sulfide) groups is 1. The Morgan fingerprint density at radius 1 is 1.43 bits per heavy atom. The van der Waals surface area contributed by atoms with Gasteiger partial charge in [-0.3, -0.25) is 9.59 Å². The zero-order valence-electron chi connectivity index (χ0n) is 12.1. The summed E-state index contributed by atoms with van der Waals surface area (Å²) in [5.74, 6) is -0.142. The van der Waals surface area contributed by atoms with E-state index < -0.39 is 0 Å². The molecular formula is C13H19N3O3S2. The van der Waals surface area contributed by atoms with Crippen molar-refractivity contribution in [2.45, 2.75) is 49.1 Å². The van der Waals surface area contributed by atoms with Crippen LogP contribution in [0.3, 0.4) is 0 Å². The highest BCUT2D eigenvalue weighted by molar-refractivity contribution is 8.02. The highest BCUT2D eigenvalue weighted by Crippen LogP contribution is 2.31. The number of hydrogen-bond donors (Lipinski definition) is 1. The van der Waals surface area contributed by atoms with Crippen LogP contribution in [0.4, 0.5) is 5.13 Å². The third kappa shape index (κ3) is 4.67. The summed E-state index contributed by atoms with van der Waals surface area (Å²) in [7, 11) is 0. The standard InChI is InChI=1S/C13H19N3O3S2/c1-3-19-11(18)8(2)20-13-16-15-12(21-13)14-10(17)9-6-4-5-7-9/h8-9H,3-7H2,1-2H3,(H,14,15,17). The normalized spacial score (nSPS) is 16.7. The molecule has 1 fully saturated rings. The molecule has 1 atom stereocenters. The molecule has 8 heteroatoms. The summed E-state index contributed by atoms with van der Waals surface area (Å²) in [6.45, 7) is 3.90. The van der Waals surface area contributed by atoms with E-state index in [4.69, 9.17) is 4.74 Å². The molecule has 1 unspecified atom stereocenters. The second kappa shape index (κ2) is 7.74. The van der Waals surface area contributed by atoms with Gasteiger partial charge in [0.05, 0.1) is 6.61 Å². The smallest absolute Gasteiger partial charge is 0.319 e. The van der Waals surface area contributed by atoms with E-state index in [2.05, 4.69) is 15.5 Å². The first-order chi connectivity index (χ1) is 10.1. The van der Waals surface area contributed by atoms with Gasteiger partial charge < -0.3 is 10.1 Å². The average Bonchev–Trinajstić information content (AvgIpc) is 3.10. The number of anilines is 1. The van der Waals surface area contributed by atoms with E-state index in [1.165, 1.54) is 23.1 Å². The number of esters is 1. The molecule has 1 heterocycles. The number of nitrogens with one attached hydrogen (secondary N) is 1. The maximum Gasteiger partial charge on any atom is 0.319 e. The van der Waals surface area contributed by atoms with Crippen LogP contribution in [0, 0.1) is 5.92 Å². The average molecular weight is 329 g/mol. The van der Waals surface area contributed by atoms with Crippen LogP contribution >= 0.6 is 23.1 Å². The van der Waals surface area contributed by atoms with Gasteiger partial charge in [0, 0.05) is 5.92 Å². The molecule has 1 aliphatic rings. The molecule has 0 aliphatic heterocycles. The van der Waals surface area contributed by atoms with Gasteiger partial charge in [-0.2, -0.15) is 0 Å². The van der Waals surface area contributed by atoms with E-state index in [1.54, 1.807) is 13.8 Å². The molecule has 1 aliphatic carbocycles. The summed E-state index contributed by atoms with van der Waals surface area (Å²) >= 11 is 2.58. The molecule has 0 spiro atoms. The Morgan fingerprint density at radius 2 is 2.14 bits per heavy atom. The lowest BCUT2D eigenvalue weighted by molar-refractivity contribution is -0.142. The number of amides is 1. The zero-order chi connectivity index (χ0) is 15.2. The number of hydrogen-bond acceptors (Lipinski definition) is 7. The maximum absolute atomic E-state index is 12.0. The van der Waals surface area contributed by atoms with Crippen molar-refractivity contribution < 1.29 is 14.3 Å². The summed E-state index contributed by atoms with van der Waals surface area (Å²) in [4.78, 5) is 23.5. The van der Waals surface area contributed by atoms with Gasteiger partial charge in [0.1, 0.15) is 5.25 Å². The Labute approximate surface area is 132 Å². The maximum atomic E-state index is 12.0. The van der Waals surface area contributed by atoms with E-state index >= 15 is 0 Å². The molecule has 1 aromatic rings. The quantitative estimate of drug-likeness (QED) is 0.491. The van der Waals surface area contributed by atoms with Gasteiger partial charge in [-0.1, -0.05) is 35.9 Å². The summed E-state index contributed by atoms with van der Waals surface area (Å²) in [6.07, 6.45) is 4.14. The van der Waals surface area contributed by atoms with Gasteiger partial charge in [0.25, 0.3) is 0 Å². The van der Waals surface area contributed by atoms with Crippen molar-refractivity contribution in [3.05, 3.63) is 0 Å². The molecule has 1 N–H and O–H groups in total. The molecule has 1 amide bonds. The van der Waals surface area contributed by atoms with Crippen LogP contribution in [-0.2, 0) is 14.3 Å². The molecule has 0 saturated heterocycles. The van der Waals surface area contributed by atoms with Gasteiger partial charge in [-0.25, -0.2) is 0 Å². The largest absolute Gasteiger partial charge is 0.465 e.